The van der Waals surface area contributed by atoms with Gasteiger partial charge in [-0.15, -0.1) is 0 Å². The van der Waals surface area contributed by atoms with Crippen LogP contribution in [0.2, 0.25) is 0 Å². The van der Waals surface area contributed by atoms with Gasteiger partial charge < -0.3 is 9.67 Å². The van der Waals surface area contributed by atoms with Gasteiger partial charge in [-0.25, -0.2) is 4.98 Å². The molecule has 12 heavy (non-hydrogen) atoms. The van der Waals surface area contributed by atoms with E-state index in [0.717, 1.165) is 31.2 Å². The SMILES string of the molecule is CN1CCn2cc(CO)nc2C1. The van der Waals surface area contributed by atoms with Gasteiger partial charge in [0.25, 0.3) is 0 Å². The summed E-state index contributed by atoms with van der Waals surface area (Å²) in [5.41, 5.74) is 0.778. The van der Waals surface area contributed by atoms with Crippen LogP contribution >= 0.6 is 0 Å². The Kier molecular flexibility index (Phi) is 1.86. The van der Waals surface area contributed by atoms with E-state index in [2.05, 4.69) is 21.5 Å². The molecule has 1 aromatic rings. The molecule has 1 aliphatic rings. The molecule has 0 aliphatic carbocycles. The van der Waals surface area contributed by atoms with E-state index < -0.39 is 0 Å². The molecule has 1 aliphatic heterocycles. The zero-order chi connectivity index (χ0) is 8.55. The molecule has 4 heteroatoms. The molecule has 0 radical (unpaired) electrons. The summed E-state index contributed by atoms with van der Waals surface area (Å²) in [6.45, 7) is 2.98. The van der Waals surface area contributed by atoms with Crippen LogP contribution in [0, 0.1) is 0 Å². The van der Waals surface area contributed by atoms with Crippen molar-refractivity contribution in [1.29, 1.82) is 0 Å². The van der Waals surface area contributed by atoms with Gasteiger partial charge in [0.2, 0.25) is 0 Å². The number of aliphatic hydroxyl groups excluding tert-OH is 1. The third-order valence-corrected chi connectivity index (χ3v) is 2.21. The zero-order valence-corrected chi connectivity index (χ0v) is 7.19. The third-order valence-electron chi connectivity index (χ3n) is 2.21. The van der Waals surface area contributed by atoms with Crippen molar-refractivity contribution in [3.05, 3.63) is 17.7 Å². The molecule has 0 fully saturated rings. The highest BCUT2D eigenvalue weighted by atomic mass is 16.3. The smallest absolute Gasteiger partial charge is 0.123 e. The summed E-state index contributed by atoms with van der Waals surface area (Å²) in [4.78, 5) is 6.52. The number of imidazole rings is 1. The molecule has 2 heterocycles. The van der Waals surface area contributed by atoms with Crippen LogP contribution in [0.4, 0.5) is 0 Å². The lowest BCUT2D eigenvalue weighted by atomic mass is 10.4. The molecule has 0 amide bonds. The highest BCUT2D eigenvalue weighted by Gasteiger charge is 2.14. The van der Waals surface area contributed by atoms with Gasteiger partial charge in [0.15, 0.2) is 0 Å². The van der Waals surface area contributed by atoms with Crippen molar-refractivity contribution in [2.45, 2.75) is 19.7 Å². The van der Waals surface area contributed by atoms with E-state index in [1.165, 1.54) is 0 Å². The van der Waals surface area contributed by atoms with Crippen molar-refractivity contribution in [1.82, 2.24) is 14.5 Å². The van der Waals surface area contributed by atoms with Crippen molar-refractivity contribution in [2.75, 3.05) is 13.6 Å². The van der Waals surface area contributed by atoms with Gasteiger partial charge in [-0.1, -0.05) is 0 Å². The van der Waals surface area contributed by atoms with Crippen molar-refractivity contribution in [2.24, 2.45) is 0 Å². The largest absolute Gasteiger partial charge is 0.390 e. The Labute approximate surface area is 71.4 Å². The van der Waals surface area contributed by atoms with Crippen LogP contribution in [0.3, 0.4) is 0 Å². The number of hydrogen-bond donors (Lipinski definition) is 1. The third kappa shape index (κ3) is 1.23. The summed E-state index contributed by atoms with van der Waals surface area (Å²) < 4.78 is 2.12. The minimum Gasteiger partial charge on any atom is -0.390 e. The first kappa shape index (κ1) is 7.76. The average molecular weight is 167 g/mol. The molecular formula is C8H13N3O. The molecule has 0 atom stereocenters. The summed E-state index contributed by atoms with van der Waals surface area (Å²) in [6, 6.07) is 0. The van der Waals surface area contributed by atoms with Gasteiger partial charge >= 0.3 is 0 Å². The predicted molar refractivity (Wildman–Crippen MR) is 44.5 cm³/mol. The predicted octanol–water partition coefficient (Wildman–Crippen LogP) is -0.179. The molecule has 0 unspecified atom stereocenters. The Morgan fingerprint density at radius 2 is 2.42 bits per heavy atom. The van der Waals surface area contributed by atoms with Crippen molar-refractivity contribution < 1.29 is 5.11 Å². The summed E-state index contributed by atoms with van der Waals surface area (Å²) in [5.74, 6) is 1.06. The van der Waals surface area contributed by atoms with Crippen LogP contribution in [0.1, 0.15) is 11.5 Å². The normalized spacial score (nSPS) is 17.8. The second kappa shape index (κ2) is 2.88. The van der Waals surface area contributed by atoms with Crippen LogP contribution in [0.15, 0.2) is 6.20 Å². The number of aromatic nitrogens is 2. The van der Waals surface area contributed by atoms with Crippen LogP contribution in [0.25, 0.3) is 0 Å². The first-order valence-electron chi connectivity index (χ1n) is 4.14. The molecular weight excluding hydrogens is 154 g/mol. The molecule has 66 valence electrons. The van der Waals surface area contributed by atoms with E-state index in [9.17, 15) is 0 Å². The molecule has 0 bridgehead atoms. The Hall–Kier alpha value is -0.870. The molecule has 2 rings (SSSR count). The van der Waals surface area contributed by atoms with Gasteiger partial charge in [0.05, 0.1) is 18.8 Å². The Balaban J connectivity index is 2.28. The van der Waals surface area contributed by atoms with Gasteiger partial charge in [-0.2, -0.15) is 0 Å². The molecule has 0 saturated heterocycles. The maximum Gasteiger partial charge on any atom is 0.123 e. The second-order valence-electron chi connectivity index (χ2n) is 3.24. The lowest BCUT2D eigenvalue weighted by Crippen LogP contribution is -2.30. The Morgan fingerprint density at radius 3 is 3.17 bits per heavy atom. The van der Waals surface area contributed by atoms with E-state index >= 15 is 0 Å². The number of nitrogens with zero attached hydrogens (tertiary/aromatic N) is 3. The highest BCUT2D eigenvalue weighted by Crippen LogP contribution is 2.10. The molecule has 1 N–H and O–H groups in total. The number of hydrogen-bond acceptors (Lipinski definition) is 3. The van der Waals surface area contributed by atoms with Crippen molar-refractivity contribution >= 4 is 0 Å². The van der Waals surface area contributed by atoms with Gasteiger partial charge in [-0.3, -0.25) is 4.90 Å². The maximum absolute atomic E-state index is 8.86. The first-order valence-corrected chi connectivity index (χ1v) is 4.14. The fourth-order valence-corrected chi connectivity index (χ4v) is 1.51. The Bertz CT molecular complexity index is 282. The van der Waals surface area contributed by atoms with Crippen LogP contribution in [-0.4, -0.2) is 33.1 Å². The standard InChI is InChI=1S/C8H13N3O/c1-10-2-3-11-4-7(6-12)9-8(11)5-10/h4,12H,2-3,5-6H2,1H3. The molecule has 0 saturated carbocycles. The quantitative estimate of drug-likeness (QED) is 0.631. The minimum absolute atomic E-state index is 0.0454. The van der Waals surface area contributed by atoms with Gasteiger partial charge in [0.1, 0.15) is 5.82 Å². The number of aliphatic hydroxyl groups is 1. The lowest BCUT2D eigenvalue weighted by Gasteiger charge is -2.22. The van der Waals surface area contributed by atoms with Crippen LogP contribution in [0.5, 0.6) is 0 Å². The molecule has 0 aromatic carbocycles. The summed E-state index contributed by atoms with van der Waals surface area (Å²) >= 11 is 0. The minimum atomic E-state index is 0.0454. The second-order valence-corrected chi connectivity index (χ2v) is 3.24. The summed E-state index contributed by atoms with van der Waals surface area (Å²) in [7, 11) is 2.08. The van der Waals surface area contributed by atoms with Gasteiger partial charge in [-0.05, 0) is 7.05 Å². The van der Waals surface area contributed by atoms with Gasteiger partial charge in [0, 0.05) is 19.3 Å². The number of likely N-dealkylation sites (N-methyl/N-ethyl adjacent to an activating group) is 1. The Morgan fingerprint density at radius 1 is 1.58 bits per heavy atom. The fraction of sp³-hybridized carbons (Fsp3) is 0.625. The number of rotatable bonds is 1. The van der Waals surface area contributed by atoms with Crippen LogP contribution in [-0.2, 0) is 19.7 Å². The topological polar surface area (TPSA) is 41.3 Å². The van der Waals surface area contributed by atoms with E-state index in [4.69, 9.17) is 5.11 Å². The summed E-state index contributed by atoms with van der Waals surface area (Å²) in [6.07, 6.45) is 1.93. The molecule has 1 aromatic heterocycles. The van der Waals surface area contributed by atoms with E-state index in [0.29, 0.717) is 0 Å². The van der Waals surface area contributed by atoms with Crippen molar-refractivity contribution in [3.8, 4) is 0 Å². The number of fused-ring (bicyclic) bond motifs is 1. The lowest BCUT2D eigenvalue weighted by molar-refractivity contribution is 0.264. The van der Waals surface area contributed by atoms with E-state index in [1.807, 2.05) is 6.20 Å². The highest BCUT2D eigenvalue weighted by molar-refractivity contribution is 5.04. The average Bonchev–Trinajstić information content (AvgIpc) is 2.46. The first-order chi connectivity index (χ1) is 5.79. The van der Waals surface area contributed by atoms with E-state index in [1.54, 1.807) is 0 Å². The molecule has 0 spiro atoms. The summed E-state index contributed by atoms with van der Waals surface area (Å²) in [5, 5.41) is 8.86. The zero-order valence-electron chi connectivity index (χ0n) is 7.19. The van der Waals surface area contributed by atoms with E-state index in [-0.39, 0.29) is 6.61 Å². The monoisotopic (exact) mass is 167 g/mol. The van der Waals surface area contributed by atoms with Crippen LogP contribution < -0.4 is 0 Å². The molecule has 4 nitrogen and oxygen atoms in total. The maximum atomic E-state index is 8.86. The van der Waals surface area contributed by atoms with Crippen molar-refractivity contribution in [3.63, 3.8) is 0 Å². The fourth-order valence-electron chi connectivity index (χ4n) is 1.51.